The first-order valence-electron chi connectivity index (χ1n) is 10.3. The maximum atomic E-state index is 14.3. The highest BCUT2D eigenvalue weighted by Crippen LogP contribution is 2.39. The number of H-pyrrole nitrogens is 1. The zero-order valence-electron chi connectivity index (χ0n) is 17.6. The van der Waals surface area contributed by atoms with E-state index in [-0.39, 0.29) is 33.9 Å². The van der Waals surface area contributed by atoms with Crippen molar-refractivity contribution in [2.24, 2.45) is 5.41 Å². The van der Waals surface area contributed by atoms with Gasteiger partial charge in [-0.2, -0.15) is 5.26 Å². The zero-order valence-corrected chi connectivity index (χ0v) is 17.6. The summed E-state index contributed by atoms with van der Waals surface area (Å²) in [5.41, 5.74) is 1.52. The average Bonchev–Trinajstić information content (AvgIpc) is 3.13. The number of likely N-dealkylation sites (tertiary alicyclic amines) is 1. The van der Waals surface area contributed by atoms with Gasteiger partial charge in [0.05, 0.1) is 28.7 Å². The SMILES string of the molecule is Cc1c(-n2[nH]c(-c3ccc(C(=O)C4NCC45CN(C)C5)cn3)cc2=O)ccc(C#N)c1F. The van der Waals surface area contributed by atoms with E-state index in [0.29, 0.717) is 22.6 Å². The minimum absolute atomic E-state index is 0.0261. The topological polar surface area (TPSA) is 107 Å². The van der Waals surface area contributed by atoms with E-state index in [9.17, 15) is 14.0 Å². The molecule has 2 N–H and O–H groups in total. The molecule has 2 aliphatic rings. The van der Waals surface area contributed by atoms with Crippen LogP contribution in [0.1, 0.15) is 21.5 Å². The Bertz CT molecular complexity index is 1330. The molecule has 4 heterocycles. The fourth-order valence-corrected chi connectivity index (χ4v) is 4.76. The number of hydrogen-bond acceptors (Lipinski definition) is 6. The third-order valence-electron chi connectivity index (χ3n) is 6.47. The van der Waals surface area contributed by atoms with Crippen molar-refractivity contribution < 1.29 is 9.18 Å². The molecule has 1 spiro atoms. The summed E-state index contributed by atoms with van der Waals surface area (Å²) in [6.07, 6.45) is 1.52. The highest BCUT2D eigenvalue weighted by molar-refractivity contribution is 6.01. The number of pyridine rings is 1. The molecular weight excluding hydrogens is 411 g/mol. The highest BCUT2D eigenvalue weighted by atomic mass is 19.1. The Morgan fingerprint density at radius 3 is 2.69 bits per heavy atom. The van der Waals surface area contributed by atoms with Crippen LogP contribution >= 0.6 is 0 Å². The summed E-state index contributed by atoms with van der Waals surface area (Å²) in [5, 5.41) is 15.2. The predicted molar refractivity (Wildman–Crippen MR) is 115 cm³/mol. The van der Waals surface area contributed by atoms with E-state index >= 15 is 0 Å². The van der Waals surface area contributed by atoms with Crippen molar-refractivity contribution in [2.45, 2.75) is 13.0 Å². The van der Waals surface area contributed by atoms with Crippen LogP contribution in [0.15, 0.2) is 41.3 Å². The van der Waals surface area contributed by atoms with Gasteiger partial charge in [-0.3, -0.25) is 19.7 Å². The van der Waals surface area contributed by atoms with E-state index in [2.05, 4.69) is 20.3 Å². The van der Waals surface area contributed by atoms with Gasteiger partial charge in [-0.1, -0.05) is 0 Å². The fourth-order valence-electron chi connectivity index (χ4n) is 4.76. The number of Topliss-reactive ketones (excluding diaryl/α,β-unsaturated/α-hetero) is 1. The molecule has 3 aromatic rings. The number of nitriles is 1. The molecule has 8 nitrogen and oxygen atoms in total. The van der Waals surface area contributed by atoms with Gasteiger partial charge in [0.25, 0.3) is 5.56 Å². The van der Waals surface area contributed by atoms with Gasteiger partial charge in [-0.05, 0) is 38.2 Å². The Hall–Kier alpha value is -3.61. The summed E-state index contributed by atoms with van der Waals surface area (Å²) in [4.78, 5) is 32.0. The summed E-state index contributed by atoms with van der Waals surface area (Å²) in [5.74, 6) is -0.632. The Kier molecular flexibility index (Phi) is 4.58. The Labute approximate surface area is 183 Å². The molecule has 1 atom stereocenters. The molecule has 2 saturated heterocycles. The second kappa shape index (κ2) is 7.22. The van der Waals surface area contributed by atoms with Crippen LogP contribution < -0.4 is 10.9 Å². The molecular formula is C23H21FN6O2. The van der Waals surface area contributed by atoms with E-state index in [4.69, 9.17) is 5.26 Å². The van der Waals surface area contributed by atoms with Gasteiger partial charge in [-0.15, -0.1) is 0 Å². The smallest absolute Gasteiger partial charge is 0.271 e. The Morgan fingerprint density at radius 1 is 1.31 bits per heavy atom. The summed E-state index contributed by atoms with van der Waals surface area (Å²) in [6, 6.07) is 9.22. The number of rotatable bonds is 4. The number of nitrogens with zero attached hydrogens (tertiary/aromatic N) is 4. The molecule has 0 amide bonds. The minimum atomic E-state index is -0.658. The van der Waals surface area contributed by atoms with Gasteiger partial charge in [0.15, 0.2) is 5.78 Å². The van der Waals surface area contributed by atoms with Gasteiger partial charge in [0.1, 0.15) is 11.9 Å². The molecule has 0 radical (unpaired) electrons. The molecule has 162 valence electrons. The highest BCUT2D eigenvalue weighted by Gasteiger charge is 2.56. The maximum Gasteiger partial charge on any atom is 0.271 e. The molecule has 2 fully saturated rings. The molecule has 0 bridgehead atoms. The van der Waals surface area contributed by atoms with Crippen LogP contribution in [0.5, 0.6) is 0 Å². The van der Waals surface area contributed by atoms with Crippen LogP contribution in [-0.4, -0.2) is 58.2 Å². The average molecular weight is 432 g/mol. The van der Waals surface area contributed by atoms with Crippen molar-refractivity contribution in [3.8, 4) is 23.1 Å². The molecule has 2 aromatic heterocycles. The van der Waals surface area contributed by atoms with E-state index in [1.807, 2.05) is 7.05 Å². The number of carbonyl (C=O) groups excluding carboxylic acids is 1. The summed E-state index contributed by atoms with van der Waals surface area (Å²) in [6.45, 7) is 4.18. The van der Waals surface area contributed by atoms with Crippen molar-refractivity contribution in [1.29, 1.82) is 5.26 Å². The lowest BCUT2D eigenvalue weighted by Crippen LogP contribution is -2.77. The molecule has 2 aliphatic heterocycles. The number of ketones is 1. The number of aromatic nitrogens is 3. The number of halogens is 1. The molecule has 5 rings (SSSR count). The molecule has 0 aliphatic carbocycles. The van der Waals surface area contributed by atoms with Crippen molar-refractivity contribution in [1.82, 2.24) is 25.0 Å². The van der Waals surface area contributed by atoms with Gasteiger partial charge < -0.3 is 10.2 Å². The number of aromatic amines is 1. The summed E-state index contributed by atoms with van der Waals surface area (Å²) >= 11 is 0. The van der Waals surface area contributed by atoms with Crippen LogP contribution in [0.3, 0.4) is 0 Å². The van der Waals surface area contributed by atoms with Crippen LogP contribution in [0.4, 0.5) is 4.39 Å². The summed E-state index contributed by atoms with van der Waals surface area (Å²) in [7, 11) is 2.04. The third-order valence-corrected chi connectivity index (χ3v) is 6.47. The lowest BCUT2D eigenvalue weighted by Gasteiger charge is -2.59. The van der Waals surface area contributed by atoms with Crippen LogP contribution in [0, 0.1) is 29.5 Å². The van der Waals surface area contributed by atoms with Gasteiger partial charge in [0.2, 0.25) is 0 Å². The van der Waals surface area contributed by atoms with Gasteiger partial charge in [0, 0.05) is 48.4 Å². The standard InChI is InChI=1S/C23H21FN6O2/c1-13-18(6-4-14(8-25)20(13)24)30-19(31)7-17(28-30)16-5-3-15(9-26-16)21(32)22-23(10-27-22)11-29(2)12-23/h3-7,9,22,27-28H,10-12H2,1-2H3. The van der Waals surface area contributed by atoms with E-state index in [0.717, 1.165) is 19.6 Å². The van der Waals surface area contributed by atoms with Crippen LogP contribution in [0.2, 0.25) is 0 Å². The fraction of sp³-hybridized carbons (Fsp3) is 0.304. The van der Waals surface area contributed by atoms with Crippen LogP contribution in [-0.2, 0) is 0 Å². The largest absolute Gasteiger partial charge is 0.306 e. The number of nitrogens with one attached hydrogen (secondary N) is 2. The quantitative estimate of drug-likeness (QED) is 0.607. The number of carbonyl (C=O) groups is 1. The maximum absolute atomic E-state index is 14.3. The second-order valence-electron chi connectivity index (χ2n) is 8.67. The number of benzene rings is 1. The van der Waals surface area contributed by atoms with Gasteiger partial charge >= 0.3 is 0 Å². The van der Waals surface area contributed by atoms with Crippen molar-refractivity contribution in [3.05, 3.63) is 69.4 Å². The van der Waals surface area contributed by atoms with Gasteiger partial charge in [-0.25, -0.2) is 9.07 Å². The van der Waals surface area contributed by atoms with Crippen molar-refractivity contribution >= 4 is 5.78 Å². The third kappa shape index (κ3) is 2.99. The van der Waals surface area contributed by atoms with E-state index < -0.39 is 5.82 Å². The normalized spacial score (nSPS) is 19.2. The van der Waals surface area contributed by atoms with E-state index in [1.165, 1.54) is 36.0 Å². The first-order valence-corrected chi connectivity index (χ1v) is 10.3. The first-order chi connectivity index (χ1) is 15.3. The molecule has 1 aromatic carbocycles. The molecule has 0 saturated carbocycles. The van der Waals surface area contributed by atoms with E-state index in [1.54, 1.807) is 18.2 Å². The Morgan fingerprint density at radius 2 is 2.09 bits per heavy atom. The predicted octanol–water partition coefficient (Wildman–Crippen LogP) is 1.63. The summed E-state index contributed by atoms with van der Waals surface area (Å²) < 4.78 is 15.5. The zero-order chi connectivity index (χ0) is 22.6. The Balaban J connectivity index is 1.40. The lowest BCUT2D eigenvalue weighted by molar-refractivity contribution is -0.0544. The van der Waals surface area contributed by atoms with Crippen LogP contribution in [0.25, 0.3) is 17.1 Å². The molecule has 32 heavy (non-hydrogen) atoms. The van der Waals surface area contributed by atoms with Crippen molar-refractivity contribution in [2.75, 3.05) is 26.7 Å². The number of hydrogen-bond donors (Lipinski definition) is 2. The van der Waals surface area contributed by atoms with Crippen molar-refractivity contribution in [3.63, 3.8) is 0 Å². The molecule has 9 heteroatoms. The minimum Gasteiger partial charge on any atom is -0.306 e. The monoisotopic (exact) mass is 432 g/mol. The molecule has 1 unspecified atom stereocenters. The lowest BCUT2D eigenvalue weighted by atomic mass is 9.65. The second-order valence-corrected chi connectivity index (χ2v) is 8.67. The first kappa shape index (κ1) is 20.3.